The number of nitrogens with zero attached hydrogens (tertiary/aromatic N) is 5. The Morgan fingerprint density at radius 3 is 2.45 bits per heavy atom. The van der Waals surface area contributed by atoms with E-state index < -0.39 is 10.2 Å². The van der Waals surface area contributed by atoms with Gasteiger partial charge in [-0.05, 0) is 57.1 Å². The molecule has 2 heterocycles. The van der Waals surface area contributed by atoms with E-state index in [2.05, 4.69) is 20.4 Å². The molecule has 1 aliphatic heterocycles. The van der Waals surface area contributed by atoms with Crippen LogP contribution < -0.4 is 5.32 Å². The highest BCUT2D eigenvalue weighted by molar-refractivity contribution is 8.00. The standard InChI is InChI=1S/C23H26N6O3S/c1-17(22(30)24-18-10-12-20(13-11-18)29(31)32)33-23-26-25-21(16-27-14-6-3-7-15-27)28(23)19-8-4-2-5-9-19/h2,4-5,8-13,17H,3,6-7,14-16H2,1H3,(H,24,30). The number of hydrogen-bond donors (Lipinski definition) is 1. The number of non-ortho nitro benzene ring substituents is 1. The van der Waals surface area contributed by atoms with Gasteiger partial charge in [0.15, 0.2) is 11.0 Å². The number of rotatable bonds is 8. The molecule has 0 spiro atoms. The second-order valence-corrected chi connectivity index (χ2v) is 9.27. The van der Waals surface area contributed by atoms with Gasteiger partial charge in [-0.2, -0.15) is 0 Å². The number of thioether (sulfide) groups is 1. The van der Waals surface area contributed by atoms with Gasteiger partial charge in [0.05, 0.1) is 16.7 Å². The van der Waals surface area contributed by atoms with Gasteiger partial charge < -0.3 is 5.32 Å². The van der Waals surface area contributed by atoms with E-state index in [1.807, 2.05) is 34.9 Å². The van der Waals surface area contributed by atoms with Crippen LogP contribution in [-0.2, 0) is 11.3 Å². The van der Waals surface area contributed by atoms with Crippen LogP contribution >= 0.6 is 11.8 Å². The summed E-state index contributed by atoms with van der Waals surface area (Å²) in [6.45, 7) is 4.63. The van der Waals surface area contributed by atoms with E-state index in [4.69, 9.17) is 0 Å². The minimum Gasteiger partial charge on any atom is -0.325 e. The smallest absolute Gasteiger partial charge is 0.269 e. The molecule has 1 atom stereocenters. The van der Waals surface area contributed by atoms with Crippen LogP contribution in [0.15, 0.2) is 59.8 Å². The lowest BCUT2D eigenvalue weighted by molar-refractivity contribution is -0.384. The van der Waals surface area contributed by atoms with Crippen LogP contribution in [-0.4, -0.2) is 48.8 Å². The van der Waals surface area contributed by atoms with E-state index in [1.54, 1.807) is 6.92 Å². The van der Waals surface area contributed by atoms with Crippen molar-refractivity contribution < 1.29 is 9.72 Å². The summed E-state index contributed by atoms with van der Waals surface area (Å²) in [6, 6.07) is 15.7. The van der Waals surface area contributed by atoms with Crippen molar-refractivity contribution in [2.24, 2.45) is 0 Å². The molecule has 3 aromatic rings. The van der Waals surface area contributed by atoms with Crippen LogP contribution in [0.2, 0.25) is 0 Å². The van der Waals surface area contributed by atoms with Crippen molar-refractivity contribution in [1.29, 1.82) is 0 Å². The van der Waals surface area contributed by atoms with E-state index in [0.717, 1.165) is 24.6 Å². The van der Waals surface area contributed by atoms with Crippen molar-refractivity contribution in [1.82, 2.24) is 19.7 Å². The van der Waals surface area contributed by atoms with Gasteiger partial charge in [-0.25, -0.2) is 0 Å². The number of carbonyl (C=O) groups excluding carboxylic acids is 1. The Kier molecular flexibility index (Phi) is 7.36. The average Bonchev–Trinajstić information content (AvgIpc) is 3.22. The molecule has 9 nitrogen and oxygen atoms in total. The first-order valence-corrected chi connectivity index (χ1v) is 11.8. The number of hydrogen-bond acceptors (Lipinski definition) is 7. The van der Waals surface area contributed by atoms with Gasteiger partial charge in [-0.15, -0.1) is 10.2 Å². The third-order valence-electron chi connectivity index (χ3n) is 5.53. The molecule has 1 amide bonds. The highest BCUT2D eigenvalue weighted by Gasteiger charge is 2.23. The summed E-state index contributed by atoms with van der Waals surface area (Å²) >= 11 is 1.33. The number of nitro benzene ring substituents is 1. The van der Waals surface area contributed by atoms with Crippen molar-refractivity contribution in [3.8, 4) is 5.69 Å². The van der Waals surface area contributed by atoms with Gasteiger partial charge in [0.25, 0.3) is 5.69 Å². The molecular weight excluding hydrogens is 440 g/mol. The molecule has 1 fully saturated rings. The van der Waals surface area contributed by atoms with Gasteiger partial charge in [0, 0.05) is 23.5 Å². The van der Waals surface area contributed by atoms with Crippen LogP contribution in [0, 0.1) is 10.1 Å². The molecule has 33 heavy (non-hydrogen) atoms. The summed E-state index contributed by atoms with van der Waals surface area (Å²) in [7, 11) is 0. The molecular formula is C23H26N6O3S. The lowest BCUT2D eigenvalue weighted by atomic mass is 10.1. The third-order valence-corrected chi connectivity index (χ3v) is 6.57. The highest BCUT2D eigenvalue weighted by atomic mass is 32.2. The van der Waals surface area contributed by atoms with Crippen molar-refractivity contribution in [3.63, 3.8) is 0 Å². The molecule has 1 aromatic heterocycles. The van der Waals surface area contributed by atoms with Crippen molar-refractivity contribution >= 4 is 29.0 Å². The van der Waals surface area contributed by atoms with E-state index >= 15 is 0 Å². The van der Waals surface area contributed by atoms with Crippen LogP contribution in [0.3, 0.4) is 0 Å². The number of aromatic nitrogens is 3. The predicted molar refractivity (Wildman–Crippen MR) is 128 cm³/mol. The Bertz CT molecular complexity index is 1100. The number of nitrogens with one attached hydrogen (secondary N) is 1. The SMILES string of the molecule is CC(Sc1nnc(CN2CCCCC2)n1-c1ccccc1)C(=O)Nc1ccc([N+](=O)[O-])cc1. The molecule has 1 aliphatic rings. The Morgan fingerprint density at radius 2 is 1.79 bits per heavy atom. The lowest BCUT2D eigenvalue weighted by Crippen LogP contribution is -2.30. The Labute approximate surface area is 196 Å². The van der Waals surface area contributed by atoms with Crippen LogP contribution in [0.25, 0.3) is 5.69 Å². The van der Waals surface area contributed by atoms with Gasteiger partial charge >= 0.3 is 0 Å². The normalized spacial score (nSPS) is 15.2. The monoisotopic (exact) mass is 466 g/mol. The summed E-state index contributed by atoms with van der Waals surface area (Å²) in [4.78, 5) is 25.5. The topological polar surface area (TPSA) is 106 Å². The molecule has 1 N–H and O–H groups in total. The van der Waals surface area contributed by atoms with Crippen LogP contribution in [0.1, 0.15) is 32.0 Å². The van der Waals surface area contributed by atoms with Crippen molar-refractivity contribution in [2.75, 3.05) is 18.4 Å². The van der Waals surface area contributed by atoms with E-state index in [-0.39, 0.29) is 11.6 Å². The van der Waals surface area contributed by atoms with Crippen LogP contribution in [0.5, 0.6) is 0 Å². The number of nitro groups is 1. The van der Waals surface area contributed by atoms with Crippen LogP contribution in [0.4, 0.5) is 11.4 Å². The molecule has 1 unspecified atom stereocenters. The number of amides is 1. The number of likely N-dealkylation sites (tertiary alicyclic amines) is 1. The fourth-order valence-corrected chi connectivity index (χ4v) is 4.64. The van der Waals surface area contributed by atoms with Crippen molar-refractivity contribution in [3.05, 3.63) is 70.5 Å². The maximum atomic E-state index is 12.8. The first kappa shape index (κ1) is 22.9. The number of para-hydroxylation sites is 1. The van der Waals surface area contributed by atoms with Crippen molar-refractivity contribution in [2.45, 2.75) is 43.1 Å². The Balaban J connectivity index is 1.50. The Morgan fingerprint density at radius 1 is 1.09 bits per heavy atom. The molecule has 1 saturated heterocycles. The number of carbonyl (C=O) groups is 1. The van der Waals surface area contributed by atoms with E-state index in [1.165, 1.54) is 55.3 Å². The first-order valence-electron chi connectivity index (χ1n) is 11.0. The fraction of sp³-hybridized carbons (Fsp3) is 0.348. The molecule has 0 radical (unpaired) electrons. The molecule has 0 aliphatic carbocycles. The summed E-state index contributed by atoms with van der Waals surface area (Å²) in [6.07, 6.45) is 3.66. The summed E-state index contributed by atoms with van der Waals surface area (Å²) in [5.41, 5.74) is 1.45. The fourth-order valence-electron chi connectivity index (χ4n) is 3.75. The predicted octanol–water partition coefficient (Wildman–Crippen LogP) is 4.28. The second kappa shape index (κ2) is 10.6. The molecule has 10 heteroatoms. The zero-order valence-corrected chi connectivity index (χ0v) is 19.2. The maximum Gasteiger partial charge on any atom is 0.269 e. The van der Waals surface area contributed by atoms with Gasteiger partial charge in [-0.3, -0.25) is 24.4 Å². The third kappa shape index (κ3) is 5.77. The molecule has 0 saturated carbocycles. The largest absolute Gasteiger partial charge is 0.325 e. The molecule has 2 aromatic carbocycles. The number of benzene rings is 2. The van der Waals surface area contributed by atoms with Gasteiger partial charge in [0.2, 0.25) is 5.91 Å². The first-order chi connectivity index (χ1) is 16.0. The second-order valence-electron chi connectivity index (χ2n) is 7.96. The minimum atomic E-state index is -0.470. The number of piperidine rings is 1. The van der Waals surface area contributed by atoms with E-state index in [0.29, 0.717) is 17.4 Å². The number of anilines is 1. The molecule has 172 valence electrons. The minimum absolute atomic E-state index is 0.0207. The lowest BCUT2D eigenvalue weighted by Gasteiger charge is -2.26. The zero-order chi connectivity index (χ0) is 23.2. The van der Waals surface area contributed by atoms with Gasteiger partial charge in [-0.1, -0.05) is 36.4 Å². The van der Waals surface area contributed by atoms with E-state index in [9.17, 15) is 14.9 Å². The summed E-state index contributed by atoms with van der Waals surface area (Å²) in [5.74, 6) is 0.641. The quantitative estimate of drug-likeness (QED) is 0.300. The summed E-state index contributed by atoms with van der Waals surface area (Å²) < 4.78 is 2.02. The average molecular weight is 467 g/mol. The zero-order valence-electron chi connectivity index (χ0n) is 18.4. The Hall–Kier alpha value is -3.24. The summed E-state index contributed by atoms with van der Waals surface area (Å²) in [5, 5.41) is 22.7. The maximum absolute atomic E-state index is 12.8. The molecule has 0 bridgehead atoms. The molecule has 4 rings (SSSR count). The highest BCUT2D eigenvalue weighted by Crippen LogP contribution is 2.27. The van der Waals surface area contributed by atoms with Gasteiger partial charge in [0.1, 0.15) is 0 Å².